The molecule has 1 N–H and O–H groups in total. The smallest absolute Gasteiger partial charge is 0.267 e. The van der Waals surface area contributed by atoms with E-state index in [9.17, 15) is 9.59 Å². The Labute approximate surface area is 152 Å². The lowest BCUT2D eigenvalue weighted by molar-refractivity contribution is -0.123. The summed E-state index contributed by atoms with van der Waals surface area (Å²) in [6.07, 6.45) is 4.96. The monoisotopic (exact) mass is 375 g/mol. The fourth-order valence-corrected chi connectivity index (χ4v) is 3.34. The van der Waals surface area contributed by atoms with E-state index in [1.807, 2.05) is 6.07 Å². The molecule has 1 aliphatic heterocycles. The zero-order valence-electron chi connectivity index (χ0n) is 12.1. The van der Waals surface area contributed by atoms with E-state index in [1.165, 1.54) is 6.07 Å². The minimum absolute atomic E-state index is 0.255. The van der Waals surface area contributed by atoms with Crippen molar-refractivity contribution in [2.45, 2.75) is 0 Å². The van der Waals surface area contributed by atoms with Crippen LogP contribution in [0.5, 0.6) is 0 Å². The first-order valence-electron chi connectivity index (χ1n) is 6.79. The standard InChI is InChI=1S/C16H10ClN3O2S2/c17-12-5-1-4-11(8-12)14(21)19-20-15(22)13(24-16(20)23)7-10-3-2-6-18-9-10/h1-9H,(H,19,21). The van der Waals surface area contributed by atoms with E-state index >= 15 is 0 Å². The third-order valence-corrected chi connectivity index (χ3v) is 4.61. The molecule has 1 aromatic heterocycles. The van der Waals surface area contributed by atoms with E-state index < -0.39 is 5.91 Å². The Morgan fingerprint density at radius 2 is 2.17 bits per heavy atom. The van der Waals surface area contributed by atoms with Crippen molar-refractivity contribution in [3.05, 3.63) is 69.8 Å². The summed E-state index contributed by atoms with van der Waals surface area (Å²) in [6.45, 7) is 0. The van der Waals surface area contributed by atoms with Crippen LogP contribution < -0.4 is 5.43 Å². The first-order chi connectivity index (χ1) is 11.5. The van der Waals surface area contributed by atoms with Crippen molar-refractivity contribution in [3.8, 4) is 0 Å². The van der Waals surface area contributed by atoms with Crippen LogP contribution in [0.3, 0.4) is 0 Å². The maximum atomic E-state index is 12.4. The molecule has 0 radical (unpaired) electrons. The predicted molar refractivity (Wildman–Crippen MR) is 98.2 cm³/mol. The van der Waals surface area contributed by atoms with E-state index in [4.69, 9.17) is 23.8 Å². The second-order valence-electron chi connectivity index (χ2n) is 4.75. The van der Waals surface area contributed by atoms with Gasteiger partial charge in [0.15, 0.2) is 4.32 Å². The molecule has 1 aromatic carbocycles. The number of carbonyl (C=O) groups excluding carboxylic acids is 2. The summed E-state index contributed by atoms with van der Waals surface area (Å²) >= 11 is 12.2. The Bertz CT molecular complexity index is 855. The van der Waals surface area contributed by atoms with Gasteiger partial charge in [0.05, 0.1) is 4.91 Å². The van der Waals surface area contributed by atoms with Gasteiger partial charge in [0, 0.05) is 23.0 Å². The Balaban J connectivity index is 1.77. The molecule has 24 heavy (non-hydrogen) atoms. The minimum atomic E-state index is -0.462. The minimum Gasteiger partial charge on any atom is -0.267 e. The summed E-state index contributed by atoms with van der Waals surface area (Å²) in [5.41, 5.74) is 3.62. The molecule has 5 nitrogen and oxygen atoms in total. The average molecular weight is 376 g/mol. The van der Waals surface area contributed by atoms with Crippen LogP contribution in [0.4, 0.5) is 0 Å². The number of hydrogen-bond donors (Lipinski definition) is 1. The summed E-state index contributed by atoms with van der Waals surface area (Å²) in [5, 5.41) is 1.50. The highest BCUT2D eigenvalue weighted by Gasteiger charge is 2.33. The van der Waals surface area contributed by atoms with Gasteiger partial charge in [0.25, 0.3) is 11.8 Å². The number of thioether (sulfide) groups is 1. The van der Waals surface area contributed by atoms with E-state index in [2.05, 4.69) is 10.4 Å². The van der Waals surface area contributed by atoms with E-state index in [0.717, 1.165) is 22.3 Å². The van der Waals surface area contributed by atoms with Gasteiger partial charge in [-0.1, -0.05) is 35.5 Å². The van der Waals surface area contributed by atoms with Gasteiger partial charge in [-0.25, -0.2) is 0 Å². The molecule has 0 unspecified atom stereocenters. The Morgan fingerprint density at radius 3 is 2.88 bits per heavy atom. The van der Waals surface area contributed by atoms with Crippen LogP contribution in [0.15, 0.2) is 53.7 Å². The quantitative estimate of drug-likeness (QED) is 0.659. The van der Waals surface area contributed by atoms with Gasteiger partial charge < -0.3 is 0 Å². The molecule has 0 bridgehead atoms. The van der Waals surface area contributed by atoms with Crippen LogP contribution in [0.25, 0.3) is 6.08 Å². The maximum absolute atomic E-state index is 12.4. The largest absolute Gasteiger partial charge is 0.285 e. The third kappa shape index (κ3) is 3.64. The molecular formula is C16H10ClN3O2S2. The van der Waals surface area contributed by atoms with E-state index in [-0.39, 0.29) is 10.2 Å². The van der Waals surface area contributed by atoms with Gasteiger partial charge in [0.2, 0.25) is 0 Å². The first kappa shape index (κ1) is 16.6. The fraction of sp³-hybridized carbons (Fsp3) is 0. The number of hydrazine groups is 1. The van der Waals surface area contributed by atoms with Crippen molar-refractivity contribution >= 4 is 57.8 Å². The van der Waals surface area contributed by atoms with Gasteiger partial charge in [0.1, 0.15) is 0 Å². The fourth-order valence-electron chi connectivity index (χ4n) is 1.97. The van der Waals surface area contributed by atoms with Crippen molar-refractivity contribution in [2.24, 2.45) is 0 Å². The van der Waals surface area contributed by atoms with Crippen LogP contribution in [0.1, 0.15) is 15.9 Å². The summed E-state index contributed by atoms with van der Waals surface area (Å²) in [5.74, 6) is -0.847. The summed E-state index contributed by atoms with van der Waals surface area (Å²) in [4.78, 5) is 29.1. The van der Waals surface area contributed by atoms with Crippen molar-refractivity contribution in [1.82, 2.24) is 15.4 Å². The zero-order valence-corrected chi connectivity index (χ0v) is 14.5. The Morgan fingerprint density at radius 1 is 1.33 bits per heavy atom. The molecule has 2 heterocycles. The molecule has 0 atom stereocenters. The highest BCUT2D eigenvalue weighted by Crippen LogP contribution is 2.31. The molecule has 2 aromatic rings. The van der Waals surface area contributed by atoms with E-state index in [1.54, 1.807) is 42.7 Å². The molecule has 1 saturated heterocycles. The topological polar surface area (TPSA) is 62.3 Å². The first-order valence-corrected chi connectivity index (χ1v) is 8.39. The molecule has 3 rings (SSSR count). The molecule has 0 saturated carbocycles. The molecule has 0 aliphatic carbocycles. The maximum Gasteiger partial charge on any atom is 0.285 e. The molecule has 1 fully saturated rings. The van der Waals surface area contributed by atoms with Crippen molar-refractivity contribution in [1.29, 1.82) is 0 Å². The molecule has 0 spiro atoms. The number of amides is 2. The SMILES string of the molecule is O=C(NN1C(=O)C(=Cc2cccnc2)SC1=S)c1cccc(Cl)c1. The normalized spacial score (nSPS) is 15.9. The lowest BCUT2D eigenvalue weighted by atomic mass is 10.2. The number of pyridine rings is 1. The number of aromatic nitrogens is 1. The lowest BCUT2D eigenvalue weighted by Crippen LogP contribution is -2.44. The van der Waals surface area contributed by atoms with Crippen molar-refractivity contribution < 1.29 is 9.59 Å². The van der Waals surface area contributed by atoms with E-state index in [0.29, 0.717) is 15.5 Å². The number of rotatable bonds is 3. The molecule has 1 aliphatic rings. The van der Waals surface area contributed by atoms with Crippen LogP contribution in [0.2, 0.25) is 5.02 Å². The van der Waals surface area contributed by atoms with Gasteiger partial charge in [-0.3, -0.25) is 20.0 Å². The third-order valence-electron chi connectivity index (χ3n) is 3.08. The van der Waals surface area contributed by atoms with Gasteiger partial charge in [-0.05, 0) is 48.1 Å². The van der Waals surface area contributed by atoms with Gasteiger partial charge in [-0.15, -0.1) is 0 Å². The number of nitrogens with one attached hydrogen (secondary N) is 1. The zero-order chi connectivity index (χ0) is 17.1. The number of nitrogens with zero attached hydrogens (tertiary/aromatic N) is 2. The number of halogens is 1. The summed E-state index contributed by atoms with van der Waals surface area (Å²) < 4.78 is 0.255. The summed E-state index contributed by atoms with van der Waals surface area (Å²) in [7, 11) is 0. The highest BCUT2D eigenvalue weighted by atomic mass is 35.5. The molecule has 8 heteroatoms. The molecule has 120 valence electrons. The number of hydrogen-bond acceptors (Lipinski definition) is 5. The Hall–Kier alpha value is -2.22. The Kier molecular flexibility index (Phi) is 4.94. The van der Waals surface area contributed by atoms with Gasteiger partial charge >= 0.3 is 0 Å². The van der Waals surface area contributed by atoms with Crippen LogP contribution in [-0.4, -0.2) is 26.1 Å². The van der Waals surface area contributed by atoms with Crippen LogP contribution in [-0.2, 0) is 4.79 Å². The second-order valence-corrected chi connectivity index (χ2v) is 6.87. The van der Waals surface area contributed by atoms with Crippen molar-refractivity contribution in [3.63, 3.8) is 0 Å². The van der Waals surface area contributed by atoms with Crippen LogP contribution in [0, 0.1) is 0 Å². The number of benzene rings is 1. The number of carbonyl (C=O) groups is 2. The molecule has 2 amide bonds. The second kappa shape index (κ2) is 7.12. The molecular weight excluding hydrogens is 366 g/mol. The number of thiocarbonyl (C=S) groups is 1. The predicted octanol–water partition coefficient (Wildman–Crippen LogP) is 3.28. The summed E-state index contributed by atoms with van der Waals surface area (Å²) in [6, 6.07) is 10.0. The average Bonchev–Trinajstić information content (AvgIpc) is 2.83. The highest BCUT2D eigenvalue weighted by molar-refractivity contribution is 8.26. The van der Waals surface area contributed by atoms with Crippen molar-refractivity contribution in [2.75, 3.05) is 0 Å². The lowest BCUT2D eigenvalue weighted by Gasteiger charge is -2.15. The van der Waals surface area contributed by atoms with Gasteiger partial charge in [-0.2, -0.15) is 5.01 Å². The van der Waals surface area contributed by atoms with Crippen LogP contribution >= 0.6 is 35.6 Å².